The SMILES string of the molecule is Cc1ccc(C(=O)C(C)(F)F)cc1C1CC1n1cc(C)c2c(C)nccc21. The van der Waals surface area contributed by atoms with E-state index in [4.69, 9.17) is 0 Å². The number of carbonyl (C=O) groups is 1. The third-order valence-electron chi connectivity index (χ3n) is 5.58. The maximum Gasteiger partial charge on any atom is 0.307 e. The van der Waals surface area contributed by atoms with Crippen LogP contribution in [0.15, 0.2) is 36.7 Å². The monoisotopic (exact) mass is 368 g/mol. The number of alkyl halides is 2. The van der Waals surface area contributed by atoms with Crippen molar-refractivity contribution in [1.82, 2.24) is 9.55 Å². The number of fused-ring (bicyclic) bond motifs is 1. The summed E-state index contributed by atoms with van der Waals surface area (Å²) in [6.45, 7) is 6.71. The first-order chi connectivity index (χ1) is 12.7. The molecule has 1 aliphatic carbocycles. The van der Waals surface area contributed by atoms with Crippen molar-refractivity contribution in [2.75, 3.05) is 0 Å². The molecule has 0 spiro atoms. The third kappa shape index (κ3) is 2.95. The first-order valence-electron chi connectivity index (χ1n) is 9.14. The lowest BCUT2D eigenvalue weighted by Crippen LogP contribution is -2.24. The van der Waals surface area contributed by atoms with E-state index in [1.54, 1.807) is 12.1 Å². The molecule has 2 unspecified atom stereocenters. The maximum absolute atomic E-state index is 13.4. The number of Topliss-reactive ketones (excluding diaryl/α,β-unsaturated/α-hetero) is 1. The number of halogens is 2. The number of nitrogens with zero attached hydrogens (tertiary/aromatic N) is 2. The highest BCUT2D eigenvalue weighted by Gasteiger charge is 2.42. The Morgan fingerprint density at radius 2 is 1.93 bits per heavy atom. The molecule has 0 aliphatic heterocycles. The van der Waals surface area contributed by atoms with E-state index in [1.165, 1.54) is 17.0 Å². The zero-order valence-electron chi connectivity index (χ0n) is 15.9. The maximum atomic E-state index is 13.4. The Hall–Kier alpha value is -2.56. The normalized spacial score (nSPS) is 19.5. The summed E-state index contributed by atoms with van der Waals surface area (Å²) in [4.78, 5) is 16.4. The molecule has 1 saturated carbocycles. The fourth-order valence-electron chi connectivity index (χ4n) is 4.13. The first-order valence-corrected chi connectivity index (χ1v) is 9.14. The Balaban J connectivity index is 1.70. The number of benzene rings is 1. The van der Waals surface area contributed by atoms with Crippen molar-refractivity contribution in [1.29, 1.82) is 0 Å². The molecule has 3 nitrogen and oxygen atoms in total. The summed E-state index contributed by atoms with van der Waals surface area (Å²) in [6.07, 6.45) is 4.90. The number of pyridine rings is 1. The van der Waals surface area contributed by atoms with Gasteiger partial charge in [0.25, 0.3) is 0 Å². The fourth-order valence-corrected chi connectivity index (χ4v) is 4.13. The molecule has 2 aromatic heterocycles. The van der Waals surface area contributed by atoms with Gasteiger partial charge in [0.15, 0.2) is 0 Å². The van der Waals surface area contributed by atoms with Crippen molar-refractivity contribution < 1.29 is 13.6 Å². The van der Waals surface area contributed by atoms with Crippen LogP contribution in [0.3, 0.4) is 0 Å². The van der Waals surface area contributed by atoms with Gasteiger partial charge in [-0.1, -0.05) is 12.1 Å². The zero-order valence-corrected chi connectivity index (χ0v) is 15.9. The predicted octanol–water partition coefficient (Wildman–Crippen LogP) is 5.53. The van der Waals surface area contributed by atoms with Crippen LogP contribution >= 0.6 is 0 Å². The molecule has 0 saturated heterocycles. The van der Waals surface area contributed by atoms with Crippen LogP contribution in [0, 0.1) is 20.8 Å². The smallest absolute Gasteiger partial charge is 0.307 e. The fraction of sp³-hybridized carbons (Fsp3) is 0.364. The highest BCUT2D eigenvalue weighted by atomic mass is 19.3. The molecule has 5 heteroatoms. The van der Waals surface area contributed by atoms with Crippen LogP contribution in [0.4, 0.5) is 8.78 Å². The molecule has 0 bridgehead atoms. The van der Waals surface area contributed by atoms with Gasteiger partial charge in [-0.2, -0.15) is 8.78 Å². The van der Waals surface area contributed by atoms with E-state index in [2.05, 4.69) is 22.7 Å². The van der Waals surface area contributed by atoms with E-state index >= 15 is 0 Å². The van der Waals surface area contributed by atoms with E-state index in [-0.39, 0.29) is 17.5 Å². The molecule has 140 valence electrons. The van der Waals surface area contributed by atoms with E-state index in [0.29, 0.717) is 6.92 Å². The standard InChI is InChI=1S/C22H22F2N2O/c1-12-5-6-15(21(27)22(4,23)24)9-16(12)17-10-19(17)26-11-13(2)20-14(3)25-8-7-18(20)26/h5-9,11,17,19H,10H2,1-4H3. The summed E-state index contributed by atoms with van der Waals surface area (Å²) < 4.78 is 29.2. The largest absolute Gasteiger partial charge is 0.343 e. The van der Waals surface area contributed by atoms with E-state index in [9.17, 15) is 13.6 Å². The highest BCUT2D eigenvalue weighted by molar-refractivity contribution is 6.01. The van der Waals surface area contributed by atoms with Crippen LogP contribution in [0.5, 0.6) is 0 Å². The van der Waals surface area contributed by atoms with Gasteiger partial charge in [0.1, 0.15) is 0 Å². The number of carbonyl (C=O) groups excluding carboxylic acids is 1. The Morgan fingerprint density at radius 1 is 1.19 bits per heavy atom. The molecule has 4 rings (SSSR count). The van der Waals surface area contributed by atoms with Gasteiger partial charge in [0.2, 0.25) is 5.78 Å². The predicted molar refractivity (Wildman–Crippen MR) is 102 cm³/mol. The summed E-state index contributed by atoms with van der Waals surface area (Å²) in [7, 11) is 0. The van der Waals surface area contributed by atoms with Crippen molar-refractivity contribution in [3.63, 3.8) is 0 Å². The molecule has 0 N–H and O–H groups in total. The molecular weight excluding hydrogens is 346 g/mol. The molecule has 0 amide bonds. The molecule has 1 fully saturated rings. The second kappa shape index (κ2) is 5.98. The zero-order chi connectivity index (χ0) is 19.5. The van der Waals surface area contributed by atoms with E-state index in [0.717, 1.165) is 28.8 Å². The topological polar surface area (TPSA) is 34.9 Å². The lowest BCUT2D eigenvalue weighted by Gasteiger charge is -2.12. The van der Waals surface area contributed by atoms with Crippen LogP contribution in [0.2, 0.25) is 0 Å². The van der Waals surface area contributed by atoms with E-state index in [1.807, 2.05) is 26.1 Å². The minimum absolute atomic E-state index is 0.0855. The van der Waals surface area contributed by atoms with Gasteiger partial charge in [-0.15, -0.1) is 0 Å². The minimum atomic E-state index is -3.35. The highest BCUT2D eigenvalue weighted by Crippen LogP contribution is 2.53. The van der Waals surface area contributed by atoms with Crippen LogP contribution in [0.1, 0.15) is 58.0 Å². The molecule has 1 aromatic carbocycles. The summed E-state index contributed by atoms with van der Waals surface area (Å²) in [5.41, 5.74) is 5.45. The Kier molecular flexibility index (Phi) is 3.95. The lowest BCUT2D eigenvalue weighted by atomic mass is 9.97. The molecule has 1 aliphatic rings. The van der Waals surface area contributed by atoms with Gasteiger partial charge in [-0.3, -0.25) is 9.78 Å². The Bertz CT molecular complexity index is 1060. The molecule has 2 heterocycles. The first kappa shape index (κ1) is 17.8. The Morgan fingerprint density at radius 3 is 2.63 bits per heavy atom. The summed E-state index contributed by atoms with van der Waals surface area (Å²) >= 11 is 0. The molecule has 2 atom stereocenters. The van der Waals surface area contributed by atoms with Crippen LogP contribution in [-0.2, 0) is 0 Å². The lowest BCUT2D eigenvalue weighted by molar-refractivity contribution is 0.0221. The second-order valence-electron chi connectivity index (χ2n) is 7.71. The molecule has 0 radical (unpaired) electrons. The summed E-state index contributed by atoms with van der Waals surface area (Å²) in [5.74, 6) is -4.25. The van der Waals surface area contributed by atoms with Gasteiger partial charge in [0, 0.05) is 47.9 Å². The van der Waals surface area contributed by atoms with Crippen molar-refractivity contribution in [2.24, 2.45) is 0 Å². The second-order valence-corrected chi connectivity index (χ2v) is 7.71. The average molecular weight is 368 g/mol. The number of hydrogen-bond acceptors (Lipinski definition) is 2. The molecular formula is C22H22F2N2O. The van der Waals surface area contributed by atoms with Crippen LogP contribution in [-0.4, -0.2) is 21.3 Å². The van der Waals surface area contributed by atoms with Gasteiger partial charge >= 0.3 is 5.92 Å². The van der Waals surface area contributed by atoms with Crippen LogP contribution < -0.4 is 0 Å². The van der Waals surface area contributed by atoms with Crippen LogP contribution in [0.25, 0.3) is 10.9 Å². The van der Waals surface area contributed by atoms with Gasteiger partial charge in [-0.05, 0) is 56.0 Å². The molecule has 3 aromatic rings. The van der Waals surface area contributed by atoms with Crippen molar-refractivity contribution in [3.05, 3.63) is 64.6 Å². The number of ketones is 1. The van der Waals surface area contributed by atoms with Gasteiger partial charge in [-0.25, -0.2) is 0 Å². The number of aromatic nitrogens is 2. The number of hydrogen-bond donors (Lipinski definition) is 0. The third-order valence-corrected chi connectivity index (χ3v) is 5.58. The van der Waals surface area contributed by atoms with Gasteiger partial charge in [0.05, 0.1) is 5.52 Å². The molecule has 27 heavy (non-hydrogen) atoms. The summed E-state index contributed by atoms with van der Waals surface area (Å²) in [5, 5.41) is 1.18. The van der Waals surface area contributed by atoms with Crippen molar-refractivity contribution >= 4 is 16.7 Å². The quantitative estimate of drug-likeness (QED) is 0.568. The van der Waals surface area contributed by atoms with Gasteiger partial charge < -0.3 is 4.57 Å². The van der Waals surface area contributed by atoms with E-state index < -0.39 is 11.7 Å². The number of aryl methyl sites for hydroxylation is 3. The number of rotatable bonds is 4. The Labute approximate surface area is 157 Å². The summed E-state index contributed by atoms with van der Waals surface area (Å²) in [6, 6.07) is 7.23. The van der Waals surface area contributed by atoms with Crippen molar-refractivity contribution in [3.8, 4) is 0 Å². The van der Waals surface area contributed by atoms with Crippen molar-refractivity contribution in [2.45, 2.75) is 52.0 Å². The minimum Gasteiger partial charge on any atom is -0.343 e. The average Bonchev–Trinajstić information content (AvgIpc) is 3.31.